The molecule has 2 rings (SSSR count). The zero-order valence-corrected chi connectivity index (χ0v) is 13.9. The van der Waals surface area contributed by atoms with Crippen LogP contribution in [-0.4, -0.2) is 26.9 Å². The first-order valence-electron chi connectivity index (χ1n) is 7.75. The van der Waals surface area contributed by atoms with Gasteiger partial charge in [-0.3, -0.25) is 4.79 Å². The number of benzene rings is 1. The van der Waals surface area contributed by atoms with Crippen LogP contribution in [0.25, 0.3) is 0 Å². The van der Waals surface area contributed by atoms with Crippen LogP contribution in [0.4, 0.5) is 0 Å². The van der Waals surface area contributed by atoms with Gasteiger partial charge in [-0.05, 0) is 42.9 Å². The van der Waals surface area contributed by atoms with Gasteiger partial charge in [-0.1, -0.05) is 26.0 Å². The highest BCUT2D eigenvalue weighted by molar-refractivity contribution is 7.89. The Morgan fingerprint density at radius 2 is 1.86 bits per heavy atom. The van der Waals surface area contributed by atoms with Gasteiger partial charge in [0, 0.05) is 19.0 Å². The van der Waals surface area contributed by atoms with Crippen molar-refractivity contribution in [1.29, 1.82) is 0 Å². The lowest BCUT2D eigenvalue weighted by atomic mass is 10.1. The smallest absolute Gasteiger partial charge is 0.240 e. The summed E-state index contributed by atoms with van der Waals surface area (Å²) >= 11 is 0. The van der Waals surface area contributed by atoms with Crippen LogP contribution in [0.15, 0.2) is 29.2 Å². The quantitative estimate of drug-likeness (QED) is 0.766. The van der Waals surface area contributed by atoms with Crippen LogP contribution in [0.2, 0.25) is 0 Å². The zero-order chi connectivity index (χ0) is 16.2. The van der Waals surface area contributed by atoms with E-state index in [4.69, 9.17) is 0 Å². The minimum absolute atomic E-state index is 0.0674. The Balaban J connectivity index is 1.87. The van der Waals surface area contributed by atoms with E-state index >= 15 is 0 Å². The molecule has 0 aliphatic heterocycles. The lowest BCUT2D eigenvalue weighted by Gasteiger charge is -2.09. The van der Waals surface area contributed by atoms with Crippen LogP contribution in [0.1, 0.15) is 38.7 Å². The van der Waals surface area contributed by atoms with E-state index in [1.807, 2.05) is 13.8 Å². The zero-order valence-electron chi connectivity index (χ0n) is 13.1. The van der Waals surface area contributed by atoms with Gasteiger partial charge in [0.2, 0.25) is 15.9 Å². The average Bonchev–Trinajstić information content (AvgIpc) is 3.27. The molecule has 0 radical (unpaired) electrons. The third-order valence-electron chi connectivity index (χ3n) is 3.50. The van der Waals surface area contributed by atoms with Gasteiger partial charge in [0.25, 0.3) is 0 Å². The fourth-order valence-electron chi connectivity index (χ4n) is 1.98. The number of nitrogens with one attached hydrogen (secondary N) is 2. The summed E-state index contributed by atoms with van der Waals surface area (Å²) in [7, 11) is -3.44. The van der Waals surface area contributed by atoms with Crippen molar-refractivity contribution in [3.63, 3.8) is 0 Å². The van der Waals surface area contributed by atoms with Gasteiger partial charge >= 0.3 is 0 Å². The van der Waals surface area contributed by atoms with Crippen molar-refractivity contribution in [3.8, 4) is 0 Å². The first-order chi connectivity index (χ1) is 10.4. The molecule has 2 N–H and O–H groups in total. The molecule has 0 heterocycles. The maximum Gasteiger partial charge on any atom is 0.240 e. The summed E-state index contributed by atoms with van der Waals surface area (Å²) < 4.78 is 26.7. The highest BCUT2D eigenvalue weighted by Gasteiger charge is 2.22. The number of rotatable bonds is 8. The molecule has 1 aliphatic carbocycles. The van der Waals surface area contributed by atoms with E-state index in [-0.39, 0.29) is 16.7 Å². The van der Waals surface area contributed by atoms with Crippen molar-refractivity contribution < 1.29 is 13.2 Å². The molecule has 0 aromatic heterocycles. The van der Waals surface area contributed by atoms with Gasteiger partial charge in [-0.2, -0.15) is 0 Å². The summed E-state index contributed by atoms with van der Waals surface area (Å²) in [6.07, 6.45) is 3.23. The number of hydrogen-bond acceptors (Lipinski definition) is 3. The van der Waals surface area contributed by atoms with E-state index in [1.165, 1.54) is 0 Å². The molecule has 0 unspecified atom stereocenters. The first-order valence-corrected chi connectivity index (χ1v) is 9.23. The molecule has 122 valence electrons. The van der Waals surface area contributed by atoms with Gasteiger partial charge < -0.3 is 5.32 Å². The molecule has 22 heavy (non-hydrogen) atoms. The number of amides is 1. The van der Waals surface area contributed by atoms with Gasteiger partial charge in [0.1, 0.15) is 0 Å². The highest BCUT2D eigenvalue weighted by atomic mass is 32.2. The molecule has 1 aliphatic rings. The Hall–Kier alpha value is -1.40. The first kappa shape index (κ1) is 17.0. The van der Waals surface area contributed by atoms with Crippen molar-refractivity contribution in [2.45, 2.75) is 50.5 Å². The maximum atomic E-state index is 12.1. The standard InChI is InChI=1S/C16H24N2O3S/c1-12(2)11-17-22(20,21)15-8-3-13(4-9-15)5-10-16(19)18-14-6-7-14/h3-4,8-9,12,14,17H,5-7,10-11H2,1-2H3,(H,18,19). The molecular weight excluding hydrogens is 300 g/mol. The van der Waals surface area contributed by atoms with Gasteiger partial charge in [-0.15, -0.1) is 0 Å². The molecular formula is C16H24N2O3S. The Bertz CT molecular complexity index is 605. The molecule has 5 nitrogen and oxygen atoms in total. The van der Waals surface area contributed by atoms with E-state index in [0.29, 0.717) is 25.4 Å². The van der Waals surface area contributed by atoms with Crippen LogP contribution in [-0.2, 0) is 21.2 Å². The lowest BCUT2D eigenvalue weighted by Crippen LogP contribution is -2.27. The van der Waals surface area contributed by atoms with Crippen molar-refractivity contribution in [3.05, 3.63) is 29.8 Å². The summed E-state index contributed by atoms with van der Waals surface area (Å²) in [5, 5.41) is 2.94. The molecule has 1 fully saturated rings. The minimum atomic E-state index is -3.44. The number of hydrogen-bond donors (Lipinski definition) is 2. The van der Waals surface area contributed by atoms with Crippen LogP contribution >= 0.6 is 0 Å². The third-order valence-corrected chi connectivity index (χ3v) is 4.94. The normalized spacial score (nSPS) is 15.0. The fourth-order valence-corrected chi connectivity index (χ4v) is 3.19. The largest absolute Gasteiger partial charge is 0.353 e. The van der Waals surface area contributed by atoms with Crippen molar-refractivity contribution >= 4 is 15.9 Å². The second kappa shape index (κ2) is 7.24. The van der Waals surface area contributed by atoms with Crippen molar-refractivity contribution in [2.24, 2.45) is 5.92 Å². The summed E-state index contributed by atoms with van der Waals surface area (Å²) in [4.78, 5) is 11.9. The molecule has 0 saturated heterocycles. The van der Waals surface area contributed by atoms with Gasteiger partial charge in [0.15, 0.2) is 0 Å². The number of aryl methyl sites for hydroxylation is 1. The number of carbonyl (C=O) groups excluding carboxylic acids is 1. The number of sulfonamides is 1. The van der Waals surface area contributed by atoms with Gasteiger partial charge in [0.05, 0.1) is 4.90 Å². The molecule has 0 bridgehead atoms. The Kier molecular flexibility index (Phi) is 5.58. The van der Waals surface area contributed by atoms with Crippen molar-refractivity contribution in [2.75, 3.05) is 6.54 Å². The second-order valence-corrected chi connectivity index (χ2v) is 8.00. The van der Waals surface area contributed by atoms with Crippen LogP contribution in [0, 0.1) is 5.92 Å². The molecule has 6 heteroatoms. The maximum absolute atomic E-state index is 12.1. The molecule has 1 aromatic rings. The Labute approximate surface area is 132 Å². The summed E-state index contributed by atoms with van der Waals surface area (Å²) in [5.74, 6) is 0.330. The SMILES string of the molecule is CC(C)CNS(=O)(=O)c1ccc(CCC(=O)NC2CC2)cc1. The minimum Gasteiger partial charge on any atom is -0.353 e. The summed E-state index contributed by atoms with van der Waals surface area (Å²) in [6.45, 7) is 4.34. The van der Waals surface area contributed by atoms with Crippen molar-refractivity contribution in [1.82, 2.24) is 10.0 Å². The van der Waals surface area contributed by atoms with E-state index in [2.05, 4.69) is 10.0 Å². The highest BCUT2D eigenvalue weighted by Crippen LogP contribution is 2.19. The average molecular weight is 324 g/mol. The number of carbonyl (C=O) groups is 1. The monoisotopic (exact) mass is 324 g/mol. The summed E-state index contributed by atoms with van der Waals surface area (Å²) in [5.41, 5.74) is 0.966. The van der Waals surface area contributed by atoms with E-state index in [9.17, 15) is 13.2 Å². The molecule has 1 saturated carbocycles. The fraction of sp³-hybridized carbons (Fsp3) is 0.562. The topological polar surface area (TPSA) is 75.3 Å². The van der Waals surface area contributed by atoms with E-state index in [0.717, 1.165) is 18.4 Å². The van der Waals surface area contributed by atoms with Crippen LogP contribution in [0.3, 0.4) is 0 Å². The van der Waals surface area contributed by atoms with Gasteiger partial charge in [-0.25, -0.2) is 13.1 Å². The molecule has 0 spiro atoms. The molecule has 1 amide bonds. The molecule has 1 aromatic carbocycles. The summed E-state index contributed by atoms with van der Waals surface area (Å²) in [6, 6.07) is 7.11. The predicted molar refractivity (Wildman–Crippen MR) is 86.0 cm³/mol. The van der Waals surface area contributed by atoms with E-state index < -0.39 is 10.0 Å². The second-order valence-electron chi connectivity index (χ2n) is 6.23. The van der Waals surface area contributed by atoms with Crippen LogP contribution in [0.5, 0.6) is 0 Å². The third kappa shape index (κ3) is 5.42. The predicted octanol–water partition coefficient (Wildman–Crippen LogP) is 1.83. The van der Waals surface area contributed by atoms with Crippen LogP contribution < -0.4 is 10.0 Å². The lowest BCUT2D eigenvalue weighted by molar-refractivity contribution is -0.121. The van der Waals surface area contributed by atoms with E-state index in [1.54, 1.807) is 24.3 Å². The Morgan fingerprint density at radius 1 is 1.23 bits per heavy atom. The Morgan fingerprint density at radius 3 is 2.41 bits per heavy atom. The molecule has 0 atom stereocenters.